The molecule has 0 amide bonds. The van der Waals surface area contributed by atoms with Crippen LogP contribution in [-0.4, -0.2) is 0 Å². The minimum absolute atomic E-state index is 1.01. The fourth-order valence-electron chi connectivity index (χ4n) is 3.17. The van der Waals surface area contributed by atoms with Gasteiger partial charge in [-0.1, -0.05) is 13.8 Å². The maximum atomic E-state index is 2.44. The second kappa shape index (κ2) is 8.91. The Morgan fingerprint density at radius 2 is 1.04 bits per heavy atom. The third-order valence-corrected chi connectivity index (χ3v) is 6.40. The lowest BCUT2D eigenvalue weighted by molar-refractivity contribution is -0.690. The first kappa shape index (κ1) is 19.3. The molecule has 0 radical (unpaired) electrons. The Morgan fingerprint density at radius 3 is 1.38 bits per heavy atom. The Kier molecular flexibility index (Phi) is 7.17. The summed E-state index contributed by atoms with van der Waals surface area (Å²) >= 11 is 0. The third-order valence-electron chi connectivity index (χ3n) is 4.38. The quantitative estimate of drug-likeness (QED) is 0.403. The van der Waals surface area contributed by atoms with Gasteiger partial charge in [-0.15, -0.1) is 0 Å². The van der Waals surface area contributed by atoms with Crippen molar-refractivity contribution in [2.24, 2.45) is 0 Å². The molecule has 2 aromatic rings. The highest BCUT2D eigenvalue weighted by Crippen LogP contribution is 2.22. The summed E-state index contributed by atoms with van der Waals surface area (Å²) < 4.78 is 4.89. The van der Waals surface area contributed by atoms with Crippen molar-refractivity contribution < 1.29 is 9.13 Å². The van der Waals surface area contributed by atoms with Crippen LogP contribution in [0.25, 0.3) is 0 Å². The summed E-state index contributed by atoms with van der Waals surface area (Å²) in [7, 11) is 3.88. The van der Waals surface area contributed by atoms with Crippen molar-refractivity contribution in [1.82, 2.24) is 0 Å². The minimum Gasteiger partial charge on any atom is -0.189 e. The maximum absolute atomic E-state index is 2.44. The van der Waals surface area contributed by atoms with Gasteiger partial charge in [0.1, 0.15) is 0 Å². The number of aromatic nitrogens is 2. The Balaban J connectivity index is 2.02. The van der Waals surface area contributed by atoms with Crippen LogP contribution in [0.1, 0.15) is 47.8 Å². The lowest BCUT2D eigenvalue weighted by Gasteiger charge is -2.08. The summed E-state index contributed by atoms with van der Waals surface area (Å²) in [6.45, 7) is 13.3. The smallest absolute Gasteiger partial charge is 0.189 e. The van der Waals surface area contributed by atoms with Gasteiger partial charge >= 0.3 is 0 Å². The molecule has 130 valence electrons. The van der Waals surface area contributed by atoms with Gasteiger partial charge in [0.05, 0.1) is 0 Å². The van der Waals surface area contributed by atoms with Crippen LogP contribution >= 0.6 is 21.6 Å². The van der Waals surface area contributed by atoms with E-state index >= 15 is 0 Å². The van der Waals surface area contributed by atoms with Gasteiger partial charge in [-0.25, -0.2) is 0 Å². The SMILES string of the molecule is CCc1cc(C)cc(C)[n+]1CSSC[n+]1c(C)cc(C)cc1CC. The molecule has 0 atom stereocenters. The van der Waals surface area contributed by atoms with Crippen LogP contribution in [0.2, 0.25) is 0 Å². The first-order valence-electron chi connectivity index (χ1n) is 8.70. The van der Waals surface area contributed by atoms with E-state index in [1.807, 2.05) is 21.6 Å². The average Bonchev–Trinajstić information content (AvgIpc) is 2.53. The zero-order chi connectivity index (χ0) is 17.7. The van der Waals surface area contributed by atoms with Crippen LogP contribution in [0.15, 0.2) is 24.3 Å². The van der Waals surface area contributed by atoms with Crippen molar-refractivity contribution >= 4 is 21.6 Å². The Bertz CT molecular complexity index is 650. The third kappa shape index (κ3) is 4.76. The Labute approximate surface area is 155 Å². The molecule has 2 aromatic heterocycles. The zero-order valence-corrected chi connectivity index (χ0v) is 17.5. The van der Waals surface area contributed by atoms with Gasteiger partial charge in [0.15, 0.2) is 22.8 Å². The molecule has 0 aromatic carbocycles. The van der Waals surface area contributed by atoms with Crippen molar-refractivity contribution in [3.63, 3.8) is 0 Å². The lowest BCUT2D eigenvalue weighted by atomic mass is 10.2. The average molecular weight is 363 g/mol. The van der Waals surface area contributed by atoms with Crippen LogP contribution in [0.3, 0.4) is 0 Å². The normalized spacial score (nSPS) is 11.1. The molecule has 0 aliphatic carbocycles. The van der Waals surface area contributed by atoms with E-state index < -0.39 is 0 Å². The van der Waals surface area contributed by atoms with Crippen LogP contribution in [-0.2, 0) is 24.6 Å². The second-order valence-corrected chi connectivity index (χ2v) is 8.79. The molecule has 2 nitrogen and oxygen atoms in total. The topological polar surface area (TPSA) is 7.76 Å². The standard InChI is InChI=1S/C20H30N2S2/c1-7-19-11-15(3)9-17(5)21(19)13-23-24-14-22-18(6)10-16(4)12-20(22)8-2/h9-12H,7-8,13-14H2,1-6H3/q+2. The highest BCUT2D eigenvalue weighted by atomic mass is 33.1. The largest absolute Gasteiger partial charge is 0.204 e. The van der Waals surface area contributed by atoms with Crippen molar-refractivity contribution in [3.8, 4) is 0 Å². The fraction of sp³-hybridized carbons (Fsp3) is 0.500. The van der Waals surface area contributed by atoms with E-state index in [2.05, 4.69) is 74.9 Å². The van der Waals surface area contributed by atoms with E-state index in [1.165, 1.54) is 33.9 Å². The number of hydrogen-bond acceptors (Lipinski definition) is 2. The minimum atomic E-state index is 1.01. The number of rotatable bonds is 7. The molecule has 2 heterocycles. The van der Waals surface area contributed by atoms with Gasteiger partial charge in [0.2, 0.25) is 11.8 Å². The van der Waals surface area contributed by atoms with E-state index in [4.69, 9.17) is 0 Å². The Hall–Kier alpha value is -1.00. The van der Waals surface area contributed by atoms with E-state index in [-0.39, 0.29) is 0 Å². The van der Waals surface area contributed by atoms with Crippen LogP contribution in [0.4, 0.5) is 0 Å². The molecule has 0 aliphatic heterocycles. The van der Waals surface area contributed by atoms with Crippen LogP contribution in [0.5, 0.6) is 0 Å². The van der Waals surface area contributed by atoms with Gasteiger partial charge in [-0.3, -0.25) is 0 Å². The first-order chi connectivity index (χ1) is 11.5. The van der Waals surface area contributed by atoms with Crippen molar-refractivity contribution in [2.75, 3.05) is 0 Å². The van der Waals surface area contributed by atoms with E-state index in [9.17, 15) is 0 Å². The first-order valence-corrected chi connectivity index (χ1v) is 11.2. The fourth-order valence-corrected chi connectivity index (χ4v) is 5.35. The monoisotopic (exact) mass is 362 g/mol. The van der Waals surface area contributed by atoms with Gasteiger partial charge < -0.3 is 0 Å². The molecular formula is C20H30N2S2+2. The number of hydrogen-bond donors (Lipinski definition) is 0. The second-order valence-electron chi connectivity index (χ2n) is 6.39. The molecule has 0 bridgehead atoms. The molecule has 0 saturated carbocycles. The number of aryl methyl sites for hydroxylation is 6. The molecule has 0 aliphatic rings. The maximum Gasteiger partial charge on any atom is 0.204 e. The molecule has 4 heteroatoms. The lowest BCUT2D eigenvalue weighted by Crippen LogP contribution is -2.41. The zero-order valence-electron chi connectivity index (χ0n) is 15.8. The van der Waals surface area contributed by atoms with Gasteiger partial charge in [0, 0.05) is 51.0 Å². The highest BCUT2D eigenvalue weighted by Gasteiger charge is 2.17. The van der Waals surface area contributed by atoms with Gasteiger partial charge in [0.25, 0.3) is 0 Å². The molecule has 0 fully saturated rings. The molecule has 0 spiro atoms. The van der Waals surface area contributed by atoms with E-state index in [0.717, 1.165) is 24.6 Å². The summed E-state index contributed by atoms with van der Waals surface area (Å²) in [5.41, 5.74) is 8.28. The summed E-state index contributed by atoms with van der Waals surface area (Å²) in [5.74, 6) is 2.01. The molecule has 0 saturated heterocycles. The summed E-state index contributed by atoms with van der Waals surface area (Å²) in [6, 6.07) is 9.18. The van der Waals surface area contributed by atoms with Gasteiger partial charge in [-0.2, -0.15) is 9.13 Å². The summed E-state index contributed by atoms with van der Waals surface area (Å²) in [5, 5.41) is 0. The molecular weight excluding hydrogens is 332 g/mol. The van der Waals surface area contributed by atoms with Gasteiger partial charge in [-0.05, 0) is 46.6 Å². The molecule has 2 rings (SSSR count). The van der Waals surface area contributed by atoms with E-state index in [1.54, 1.807) is 0 Å². The molecule has 24 heavy (non-hydrogen) atoms. The predicted molar refractivity (Wildman–Crippen MR) is 106 cm³/mol. The van der Waals surface area contributed by atoms with Crippen LogP contribution in [0, 0.1) is 27.7 Å². The number of pyridine rings is 2. The molecule has 0 N–H and O–H groups in total. The number of nitrogens with zero attached hydrogens (tertiary/aromatic N) is 2. The van der Waals surface area contributed by atoms with Crippen molar-refractivity contribution in [2.45, 2.75) is 66.1 Å². The van der Waals surface area contributed by atoms with E-state index in [0.29, 0.717) is 0 Å². The van der Waals surface area contributed by atoms with Crippen molar-refractivity contribution in [1.29, 1.82) is 0 Å². The van der Waals surface area contributed by atoms with Crippen LogP contribution < -0.4 is 9.13 Å². The molecule has 0 unspecified atom stereocenters. The highest BCUT2D eigenvalue weighted by molar-refractivity contribution is 8.75. The Morgan fingerprint density at radius 1 is 0.667 bits per heavy atom. The summed E-state index contributed by atoms with van der Waals surface area (Å²) in [6.07, 6.45) is 2.17. The summed E-state index contributed by atoms with van der Waals surface area (Å²) in [4.78, 5) is 0. The predicted octanol–water partition coefficient (Wildman–Crippen LogP) is 4.62. The van der Waals surface area contributed by atoms with Crippen molar-refractivity contribution in [3.05, 3.63) is 58.2 Å².